The fraction of sp³-hybridized carbons (Fsp3) is 0.700. The fourth-order valence-corrected chi connectivity index (χ4v) is 1.37. The highest BCUT2D eigenvalue weighted by Gasteiger charge is 2.18. The normalized spacial score (nSPS) is 17.8. The highest BCUT2D eigenvalue weighted by molar-refractivity contribution is 5.93. The second-order valence-electron chi connectivity index (χ2n) is 3.34. The summed E-state index contributed by atoms with van der Waals surface area (Å²) in [6.07, 6.45) is 4.21. The Bertz CT molecular complexity index is 207. The third kappa shape index (κ3) is 2.84. The third-order valence-corrected chi connectivity index (χ3v) is 2.36. The molecule has 0 bridgehead atoms. The highest BCUT2D eigenvalue weighted by Crippen LogP contribution is 2.16. The standard InChI is InChI=1S/C10H17NO2/c1-2-8(7-11)6-9(12)10-4-3-5-13-10/h4,8H,2-3,5-7,11H2,1H3. The summed E-state index contributed by atoms with van der Waals surface area (Å²) in [4.78, 5) is 11.5. The van der Waals surface area contributed by atoms with E-state index < -0.39 is 0 Å². The van der Waals surface area contributed by atoms with Crippen molar-refractivity contribution in [2.75, 3.05) is 13.2 Å². The van der Waals surface area contributed by atoms with E-state index in [0.29, 0.717) is 31.2 Å². The van der Waals surface area contributed by atoms with Crippen LogP contribution in [0.2, 0.25) is 0 Å². The number of ketones is 1. The average molecular weight is 183 g/mol. The molecule has 1 rings (SSSR count). The number of Topliss-reactive ketones (excluding diaryl/α,β-unsaturated/α-hetero) is 1. The first-order valence-corrected chi connectivity index (χ1v) is 4.84. The lowest BCUT2D eigenvalue weighted by molar-refractivity contribution is -0.119. The quantitative estimate of drug-likeness (QED) is 0.697. The van der Waals surface area contributed by atoms with Crippen molar-refractivity contribution in [1.82, 2.24) is 0 Å². The number of nitrogens with two attached hydrogens (primary N) is 1. The Morgan fingerprint density at radius 1 is 1.77 bits per heavy atom. The van der Waals surface area contributed by atoms with E-state index in [0.717, 1.165) is 12.8 Å². The first-order valence-electron chi connectivity index (χ1n) is 4.84. The topological polar surface area (TPSA) is 52.3 Å². The number of carbonyl (C=O) groups is 1. The van der Waals surface area contributed by atoms with E-state index in [4.69, 9.17) is 10.5 Å². The fourth-order valence-electron chi connectivity index (χ4n) is 1.37. The number of hydrogen-bond acceptors (Lipinski definition) is 3. The van der Waals surface area contributed by atoms with Crippen molar-refractivity contribution in [3.05, 3.63) is 11.8 Å². The van der Waals surface area contributed by atoms with Crippen LogP contribution in [0.1, 0.15) is 26.2 Å². The van der Waals surface area contributed by atoms with Crippen LogP contribution in [-0.4, -0.2) is 18.9 Å². The minimum atomic E-state index is 0.106. The van der Waals surface area contributed by atoms with Gasteiger partial charge in [0.25, 0.3) is 0 Å². The molecule has 0 aromatic heterocycles. The van der Waals surface area contributed by atoms with Crippen LogP contribution in [0.5, 0.6) is 0 Å². The lowest BCUT2D eigenvalue weighted by atomic mass is 9.99. The van der Waals surface area contributed by atoms with Gasteiger partial charge in [0.2, 0.25) is 0 Å². The van der Waals surface area contributed by atoms with Crippen molar-refractivity contribution in [1.29, 1.82) is 0 Å². The maximum atomic E-state index is 11.5. The molecule has 74 valence electrons. The lowest BCUT2D eigenvalue weighted by Gasteiger charge is -2.10. The zero-order valence-corrected chi connectivity index (χ0v) is 8.08. The van der Waals surface area contributed by atoms with E-state index in [1.807, 2.05) is 6.08 Å². The molecule has 0 radical (unpaired) electrons. The number of allylic oxidation sites excluding steroid dienone is 1. The van der Waals surface area contributed by atoms with Crippen LogP contribution in [-0.2, 0) is 9.53 Å². The zero-order valence-electron chi connectivity index (χ0n) is 8.08. The Hall–Kier alpha value is -0.830. The van der Waals surface area contributed by atoms with E-state index in [1.54, 1.807) is 0 Å². The van der Waals surface area contributed by atoms with Gasteiger partial charge in [-0.3, -0.25) is 4.79 Å². The number of hydrogen-bond donors (Lipinski definition) is 1. The molecular formula is C10H17NO2. The Labute approximate surface area is 78.9 Å². The zero-order chi connectivity index (χ0) is 9.68. The molecule has 3 heteroatoms. The molecule has 13 heavy (non-hydrogen) atoms. The molecule has 1 aliphatic heterocycles. The molecule has 0 saturated heterocycles. The molecule has 1 unspecified atom stereocenters. The predicted octanol–water partition coefficient (Wildman–Crippen LogP) is 1.23. The van der Waals surface area contributed by atoms with Gasteiger partial charge < -0.3 is 10.5 Å². The van der Waals surface area contributed by atoms with E-state index in [-0.39, 0.29) is 5.78 Å². The van der Waals surface area contributed by atoms with Crippen LogP contribution in [0, 0.1) is 5.92 Å². The van der Waals surface area contributed by atoms with Crippen molar-refractivity contribution in [3.63, 3.8) is 0 Å². The van der Waals surface area contributed by atoms with E-state index in [9.17, 15) is 4.79 Å². The molecular weight excluding hydrogens is 166 g/mol. The smallest absolute Gasteiger partial charge is 0.197 e. The molecule has 0 aromatic rings. The summed E-state index contributed by atoms with van der Waals surface area (Å²) in [7, 11) is 0. The van der Waals surface area contributed by atoms with Gasteiger partial charge in [0.15, 0.2) is 11.5 Å². The Morgan fingerprint density at radius 3 is 3.00 bits per heavy atom. The SMILES string of the molecule is CCC(CN)CC(=O)C1=CCCO1. The molecule has 0 aromatic carbocycles. The van der Waals surface area contributed by atoms with Gasteiger partial charge in [0, 0.05) is 12.8 Å². The minimum Gasteiger partial charge on any atom is -0.490 e. The lowest BCUT2D eigenvalue weighted by Crippen LogP contribution is -2.18. The largest absolute Gasteiger partial charge is 0.490 e. The second-order valence-corrected chi connectivity index (χ2v) is 3.34. The molecule has 2 N–H and O–H groups in total. The predicted molar refractivity (Wildman–Crippen MR) is 51.1 cm³/mol. The summed E-state index contributed by atoms with van der Waals surface area (Å²) in [5.74, 6) is 0.958. The molecule has 1 heterocycles. The van der Waals surface area contributed by atoms with Crippen LogP contribution in [0.3, 0.4) is 0 Å². The average Bonchev–Trinajstić information content (AvgIpc) is 2.66. The van der Waals surface area contributed by atoms with Crippen LogP contribution in [0.15, 0.2) is 11.8 Å². The van der Waals surface area contributed by atoms with Gasteiger partial charge in [-0.2, -0.15) is 0 Å². The monoisotopic (exact) mass is 183 g/mol. The summed E-state index contributed by atoms with van der Waals surface area (Å²) in [5.41, 5.74) is 5.52. The van der Waals surface area contributed by atoms with Gasteiger partial charge in [0.1, 0.15) is 0 Å². The molecule has 1 aliphatic rings. The molecule has 0 amide bonds. The van der Waals surface area contributed by atoms with Gasteiger partial charge >= 0.3 is 0 Å². The minimum absolute atomic E-state index is 0.106. The summed E-state index contributed by atoms with van der Waals surface area (Å²) < 4.78 is 5.18. The van der Waals surface area contributed by atoms with E-state index >= 15 is 0 Å². The third-order valence-electron chi connectivity index (χ3n) is 2.36. The van der Waals surface area contributed by atoms with Crippen molar-refractivity contribution in [2.45, 2.75) is 26.2 Å². The number of ether oxygens (including phenoxy) is 1. The molecule has 3 nitrogen and oxygen atoms in total. The van der Waals surface area contributed by atoms with Gasteiger partial charge in [-0.05, 0) is 18.5 Å². The molecule has 1 atom stereocenters. The van der Waals surface area contributed by atoms with Crippen molar-refractivity contribution in [2.24, 2.45) is 11.7 Å². The van der Waals surface area contributed by atoms with Crippen molar-refractivity contribution >= 4 is 5.78 Å². The van der Waals surface area contributed by atoms with Crippen LogP contribution in [0.4, 0.5) is 0 Å². The molecule has 0 aliphatic carbocycles. The first-order chi connectivity index (χ1) is 6.27. The summed E-state index contributed by atoms with van der Waals surface area (Å²) in [5, 5.41) is 0. The van der Waals surface area contributed by atoms with Gasteiger partial charge in [-0.25, -0.2) is 0 Å². The van der Waals surface area contributed by atoms with Crippen LogP contribution < -0.4 is 5.73 Å². The maximum absolute atomic E-state index is 11.5. The van der Waals surface area contributed by atoms with Gasteiger partial charge in [0.05, 0.1) is 6.61 Å². The second kappa shape index (κ2) is 5.02. The summed E-state index contributed by atoms with van der Waals surface area (Å²) in [6.45, 7) is 3.28. The summed E-state index contributed by atoms with van der Waals surface area (Å²) >= 11 is 0. The van der Waals surface area contributed by atoms with Gasteiger partial charge in [-0.15, -0.1) is 0 Å². The number of rotatable bonds is 5. The molecule has 0 fully saturated rings. The molecule has 0 saturated carbocycles. The number of carbonyl (C=O) groups excluding carboxylic acids is 1. The van der Waals surface area contributed by atoms with E-state index in [1.165, 1.54) is 0 Å². The summed E-state index contributed by atoms with van der Waals surface area (Å²) in [6, 6.07) is 0. The van der Waals surface area contributed by atoms with Crippen LogP contribution in [0.25, 0.3) is 0 Å². The van der Waals surface area contributed by atoms with Crippen LogP contribution >= 0.6 is 0 Å². The first kappa shape index (κ1) is 10.3. The van der Waals surface area contributed by atoms with Crippen molar-refractivity contribution < 1.29 is 9.53 Å². The maximum Gasteiger partial charge on any atom is 0.197 e. The molecule has 0 spiro atoms. The van der Waals surface area contributed by atoms with Crippen molar-refractivity contribution in [3.8, 4) is 0 Å². The van der Waals surface area contributed by atoms with E-state index in [2.05, 4.69) is 6.92 Å². The van der Waals surface area contributed by atoms with Gasteiger partial charge in [-0.1, -0.05) is 13.3 Å². The Balaban J connectivity index is 2.39. The Kier molecular flexibility index (Phi) is 3.96. The highest BCUT2D eigenvalue weighted by atomic mass is 16.5. The Morgan fingerprint density at radius 2 is 2.54 bits per heavy atom.